The van der Waals surface area contributed by atoms with Gasteiger partial charge in [-0.3, -0.25) is 0 Å². The summed E-state index contributed by atoms with van der Waals surface area (Å²) in [6.45, 7) is 7.01. The second-order valence-corrected chi connectivity index (χ2v) is 4.39. The average molecular weight is 221 g/mol. The van der Waals surface area contributed by atoms with Gasteiger partial charge in [-0.05, 0) is 25.0 Å². The molecule has 1 aliphatic heterocycles. The van der Waals surface area contributed by atoms with Crippen LogP contribution in [0.1, 0.15) is 27.2 Å². The van der Waals surface area contributed by atoms with E-state index in [0.717, 1.165) is 17.2 Å². The van der Waals surface area contributed by atoms with Crippen molar-refractivity contribution in [3.8, 4) is 11.5 Å². The molecule has 0 bridgehead atoms. The van der Waals surface area contributed by atoms with E-state index in [2.05, 4.69) is 26.1 Å². The number of benzene rings is 1. The van der Waals surface area contributed by atoms with Crippen LogP contribution in [0.3, 0.4) is 0 Å². The van der Waals surface area contributed by atoms with Gasteiger partial charge in [0.15, 0.2) is 11.5 Å². The van der Waals surface area contributed by atoms with Gasteiger partial charge in [-0.1, -0.05) is 20.3 Å². The predicted molar refractivity (Wildman–Crippen MR) is 65.1 cm³/mol. The van der Waals surface area contributed by atoms with Crippen molar-refractivity contribution >= 4 is 5.69 Å². The topological polar surface area (TPSA) is 30.5 Å². The summed E-state index contributed by atoms with van der Waals surface area (Å²) >= 11 is 0. The first-order valence-corrected chi connectivity index (χ1v) is 5.87. The van der Waals surface area contributed by atoms with Gasteiger partial charge in [0.05, 0.1) is 0 Å². The molecule has 0 saturated carbocycles. The van der Waals surface area contributed by atoms with Crippen molar-refractivity contribution in [3.63, 3.8) is 0 Å². The number of fused-ring (bicyclic) bond motifs is 1. The molecule has 16 heavy (non-hydrogen) atoms. The SMILES string of the molecule is CCC(C)C(C)Nc1ccc2c(c1)OCO2. The van der Waals surface area contributed by atoms with E-state index in [-0.39, 0.29) is 0 Å². The molecule has 0 aliphatic carbocycles. The maximum atomic E-state index is 5.35. The maximum Gasteiger partial charge on any atom is 0.231 e. The van der Waals surface area contributed by atoms with Crippen molar-refractivity contribution < 1.29 is 9.47 Å². The van der Waals surface area contributed by atoms with Gasteiger partial charge >= 0.3 is 0 Å². The van der Waals surface area contributed by atoms with Crippen LogP contribution in [0, 0.1) is 5.92 Å². The molecule has 2 rings (SSSR count). The molecule has 0 radical (unpaired) electrons. The Morgan fingerprint density at radius 2 is 2.00 bits per heavy atom. The van der Waals surface area contributed by atoms with Crippen molar-refractivity contribution in [3.05, 3.63) is 18.2 Å². The summed E-state index contributed by atoms with van der Waals surface area (Å²) in [6, 6.07) is 6.45. The van der Waals surface area contributed by atoms with E-state index in [0.29, 0.717) is 18.8 Å². The summed E-state index contributed by atoms with van der Waals surface area (Å²) in [5, 5.41) is 3.49. The molecule has 0 spiro atoms. The summed E-state index contributed by atoms with van der Waals surface area (Å²) in [6.07, 6.45) is 1.18. The zero-order valence-corrected chi connectivity index (χ0v) is 10.1. The zero-order valence-electron chi connectivity index (χ0n) is 10.1. The second-order valence-electron chi connectivity index (χ2n) is 4.39. The van der Waals surface area contributed by atoms with Crippen molar-refractivity contribution in [1.82, 2.24) is 0 Å². The van der Waals surface area contributed by atoms with E-state index < -0.39 is 0 Å². The minimum atomic E-state index is 0.333. The highest BCUT2D eigenvalue weighted by molar-refractivity contribution is 5.55. The average Bonchev–Trinajstić information content (AvgIpc) is 2.75. The molecule has 0 aromatic heterocycles. The van der Waals surface area contributed by atoms with E-state index in [9.17, 15) is 0 Å². The monoisotopic (exact) mass is 221 g/mol. The van der Waals surface area contributed by atoms with Crippen LogP contribution in [-0.4, -0.2) is 12.8 Å². The zero-order chi connectivity index (χ0) is 11.5. The highest BCUT2D eigenvalue weighted by Crippen LogP contribution is 2.34. The number of hydrogen-bond donors (Lipinski definition) is 1. The van der Waals surface area contributed by atoms with Gasteiger partial charge in [-0.2, -0.15) is 0 Å². The molecule has 0 fully saturated rings. The van der Waals surface area contributed by atoms with Crippen LogP contribution < -0.4 is 14.8 Å². The Bertz CT molecular complexity index is 365. The van der Waals surface area contributed by atoms with Gasteiger partial charge in [-0.15, -0.1) is 0 Å². The van der Waals surface area contributed by atoms with Crippen LogP contribution in [0.25, 0.3) is 0 Å². The Hall–Kier alpha value is -1.38. The third-order valence-electron chi connectivity index (χ3n) is 3.26. The molecule has 1 heterocycles. The van der Waals surface area contributed by atoms with E-state index in [4.69, 9.17) is 9.47 Å². The van der Waals surface area contributed by atoms with Gasteiger partial charge in [0.2, 0.25) is 6.79 Å². The molecule has 88 valence electrons. The van der Waals surface area contributed by atoms with Crippen LogP contribution in [0.2, 0.25) is 0 Å². The summed E-state index contributed by atoms with van der Waals surface area (Å²) in [5.41, 5.74) is 1.09. The van der Waals surface area contributed by atoms with Gasteiger partial charge in [0.1, 0.15) is 0 Å². The number of rotatable bonds is 4. The van der Waals surface area contributed by atoms with Crippen LogP contribution in [0.4, 0.5) is 5.69 Å². The first kappa shape index (κ1) is 11.1. The van der Waals surface area contributed by atoms with E-state index in [1.807, 2.05) is 18.2 Å². The Balaban J connectivity index is 2.05. The molecule has 1 aromatic rings. The molecule has 1 N–H and O–H groups in total. The lowest BCUT2D eigenvalue weighted by atomic mass is 10.0. The van der Waals surface area contributed by atoms with Gasteiger partial charge in [-0.25, -0.2) is 0 Å². The summed E-state index contributed by atoms with van der Waals surface area (Å²) < 4.78 is 10.6. The third-order valence-corrected chi connectivity index (χ3v) is 3.26. The fraction of sp³-hybridized carbons (Fsp3) is 0.538. The quantitative estimate of drug-likeness (QED) is 0.846. The summed E-state index contributed by atoms with van der Waals surface area (Å²) in [5.74, 6) is 2.33. The largest absolute Gasteiger partial charge is 0.454 e. The maximum absolute atomic E-state index is 5.35. The number of hydrogen-bond acceptors (Lipinski definition) is 3. The Morgan fingerprint density at radius 1 is 1.25 bits per heavy atom. The first-order valence-electron chi connectivity index (χ1n) is 5.87. The number of anilines is 1. The highest BCUT2D eigenvalue weighted by Gasteiger charge is 2.15. The molecule has 0 saturated heterocycles. The molecule has 1 aromatic carbocycles. The predicted octanol–water partition coefficient (Wildman–Crippen LogP) is 3.26. The first-order chi connectivity index (χ1) is 7.70. The van der Waals surface area contributed by atoms with Crippen molar-refractivity contribution in [2.24, 2.45) is 5.92 Å². The second kappa shape index (κ2) is 4.64. The lowest BCUT2D eigenvalue weighted by Gasteiger charge is -2.21. The summed E-state index contributed by atoms with van der Waals surface area (Å²) in [7, 11) is 0. The molecule has 1 aliphatic rings. The van der Waals surface area contributed by atoms with Gasteiger partial charge in [0, 0.05) is 17.8 Å². The molecule has 2 atom stereocenters. The molecule has 3 heteroatoms. The smallest absolute Gasteiger partial charge is 0.231 e. The van der Waals surface area contributed by atoms with Gasteiger partial charge < -0.3 is 14.8 Å². The molecule has 0 amide bonds. The third kappa shape index (κ3) is 2.23. The van der Waals surface area contributed by atoms with Crippen LogP contribution in [0.5, 0.6) is 11.5 Å². The van der Waals surface area contributed by atoms with E-state index >= 15 is 0 Å². The number of ether oxygens (including phenoxy) is 2. The Morgan fingerprint density at radius 3 is 2.75 bits per heavy atom. The van der Waals surface area contributed by atoms with Crippen LogP contribution in [-0.2, 0) is 0 Å². The van der Waals surface area contributed by atoms with Crippen LogP contribution in [0.15, 0.2) is 18.2 Å². The normalized spacial score (nSPS) is 16.9. The molecule has 2 unspecified atom stereocenters. The minimum Gasteiger partial charge on any atom is -0.454 e. The molecule has 3 nitrogen and oxygen atoms in total. The van der Waals surface area contributed by atoms with Crippen molar-refractivity contribution in [2.45, 2.75) is 33.2 Å². The van der Waals surface area contributed by atoms with Crippen molar-refractivity contribution in [2.75, 3.05) is 12.1 Å². The van der Waals surface area contributed by atoms with E-state index in [1.165, 1.54) is 6.42 Å². The molecular weight excluding hydrogens is 202 g/mol. The van der Waals surface area contributed by atoms with Gasteiger partial charge in [0.25, 0.3) is 0 Å². The van der Waals surface area contributed by atoms with Crippen LogP contribution >= 0.6 is 0 Å². The summed E-state index contributed by atoms with van der Waals surface area (Å²) in [4.78, 5) is 0. The lowest BCUT2D eigenvalue weighted by molar-refractivity contribution is 0.174. The lowest BCUT2D eigenvalue weighted by Crippen LogP contribution is -2.23. The van der Waals surface area contributed by atoms with Crippen molar-refractivity contribution in [1.29, 1.82) is 0 Å². The van der Waals surface area contributed by atoms with E-state index in [1.54, 1.807) is 0 Å². The minimum absolute atomic E-state index is 0.333. The Kier molecular flexibility index (Phi) is 3.22. The number of nitrogens with one attached hydrogen (secondary N) is 1. The fourth-order valence-electron chi connectivity index (χ4n) is 1.75. The fourth-order valence-corrected chi connectivity index (χ4v) is 1.75. The highest BCUT2D eigenvalue weighted by atomic mass is 16.7. The Labute approximate surface area is 96.8 Å². The molecular formula is C13H19NO2. The standard InChI is InChI=1S/C13H19NO2/c1-4-9(2)10(3)14-11-5-6-12-13(7-11)16-8-15-12/h5-7,9-10,14H,4,8H2,1-3H3.